The van der Waals surface area contributed by atoms with Gasteiger partial charge in [-0.2, -0.15) is 0 Å². The lowest BCUT2D eigenvalue weighted by Gasteiger charge is -2.45. The summed E-state index contributed by atoms with van der Waals surface area (Å²) in [6.45, 7) is 0.892. The average Bonchev–Trinajstić information content (AvgIpc) is 2.73. The van der Waals surface area contributed by atoms with Crippen LogP contribution >= 0.6 is 0 Å². The van der Waals surface area contributed by atoms with Gasteiger partial charge in [-0.05, 0) is 55.8 Å². The van der Waals surface area contributed by atoms with E-state index in [-0.39, 0.29) is 17.6 Å². The van der Waals surface area contributed by atoms with Crippen molar-refractivity contribution in [3.63, 3.8) is 0 Å². The molecule has 1 N–H and O–H groups in total. The number of carbonyl (C=O) groups excluding carboxylic acids is 1. The zero-order valence-electron chi connectivity index (χ0n) is 16.6. The molecule has 154 valence electrons. The van der Waals surface area contributed by atoms with Crippen LogP contribution in [0.4, 0.5) is 14.5 Å². The Kier molecular flexibility index (Phi) is 6.24. The van der Waals surface area contributed by atoms with Crippen LogP contribution in [0.25, 0.3) is 0 Å². The molecule has 0 aromatic heterocycles. The van der Waals surface area contributed by atoms with Gasteiger partial charge in [0, 0.05) is 17.8 Å². The highest BCUT2D eigenvalue weighted by molar-refractivity contribution is 5.94. The highest BCUT2D eigenvalue weighted by Gasteiger charge is 2.38. The standard InChI is InChI=1S/C24H28F2N2O/c25-18-14-19(26)16-20(15-18)27-24(29)23-12-6-7-13-28(23)22-11-5-4-10-21(22)17-8-2-1-3-9-17/h1-3,8-9,14-16,21-23H,4-7,10-13H2,(H,27,29). The third-order valence-electron chi connectivity index (χ3n) is 6.36. The van der Waals surface area contributed by atoms with Gasteiger partial charge in [-0.25, -0.2) is 8.78 Å². The van der Waals surface area contributed by atoms with Crippen molar-refractivity contribution < 1.29 is 13.6 Å². The molecule has 1 aliphatic carbocycles. The third-order valence-corrected chi connectivity index (χ3v) is 6.36. The Morgan fingerprint density at radius 2 is 1.59 bits per heavy atom. The van der Waals surface area contributed by atoms with Gasteiger partial charge in [-0.15, -0.1) is 0 Å². The van der Waals surface area contributed by atoms with Crippen molar-refractivity contribution in [2.24, 2.45) is 0 Å². The number of rotatable bonds is 4. The molecule has 2 fully saturated rings. The first-order chi connectivity index (χ1) is 14.1. The summed E-state index contributed by atoms with van der Waals surface area (Å²) in [6.07, 6.45) is 7.46. The lowest BCUT2D eigenvalue weighted by Crippen LogP contribution is -2.54. The first-order valence-electron chi connectivity index (χ1n) is 10.7. The molecule has 1 aliphatic heterocycles. The summed E-state index contributed by atoms with van der Waals surface area (Å²) >= 11 is 0. The van der Waals surface area contributed by atoms with E-state index in [4.69, 9.17) is 0 Å². The van der Waals surface area contributed by atoms with Crippen LogP contribution < -0.4 is 5.32 Å². The summed E-state index contributed by atoms with van der Waals surface area (Å²) in [7, 11) is 0. The maximum Gasteiger partial charge on any atom is 0.241 e. The SMILES string of the molecule is O=C(Nc1cc(F)cc(F)c1)C1CCCCN1C1CCCCC1c1ccccc1. The minimum atomic E-state index is -0.683. The third kappa shape index (κ3) is 4.67. The molecule has 2 aromatic rings. The Labute approximate surface area is 171 Å². The second-order valence-electron chi connectivity index (χ2n) is 8.27. The van der Waals surface area contributed by atoms with Crippen molar-refractivity contribution in [1.82, 2.24) is 4.90 Å². The molecule has 3 unspecified atom stereocenters. The van der Waals surface area contributed by atoms with Crippen LogP contribution in [0.2, 0.25) is 0 Å². The van der Waals surface area contributed by atoms with Crippen LogP contribution in [-0.2, 0) is 4.79 Å². The summed E-state index contributed by atoms with van der Waals surface area (Å²) in [5, 5.41) is 2.76. The number of halogens is 2. The van der Waals surface area contributed by atoms with Gasteiger partial charge < -0.3 is 5.32 Å². The van der Waals surface area contributed by atoms with Crippen molar-refractivity contribution >= 4 is 11.6 Å². The number of carbonyl (C=O) groups is 1. The summed E-state index contributed by atoms with van der Waals surface area (Å²) in [5.41, 5.74) is 1.52. The van der Waals surface area contributed by atoms with E-state index in [0.29, 0.717) is 12.0 Å². The van der Waals surface area contributed by atoms with Gasteiger partial charge in [0.1, 0.15) is 11.6 Å². The zero-order valence-corrected chi connectivity index (χ0v) is 16.6. The average molecular weight is 398 g/mol. The molecule has 1 saturated carbocycles. The van der Waals surface area contributed by atoms with Gasteiger partial charge in [0.2, 0.25) is 5.91 Å². The number of piperidine rings is 1. The number of hydrogen-bond acceptors (Lipinski definition) is 2. The minimum Gasteiger partial charge on any atom is -0.325 e. The molecule has 0 bridgehead atoms. The van der Waals surface area contributed by atoms with Crippen molar-refractivity contribution in [3.05, 3.63) is 65.7 Å². The van der Waals surface area contributed by atoms with Crippen LogP contribution in [-0.4, -0.2) is 29.4 Å². The van der Waals surface area contributed by atoms with Gasteiger partial charge in [0.25, 0.3) is 0 Å². The van der Waals surface area contributed by atoms with E-state index in [1.54, 1.807) is 0 Å². The minimum absolute atomic E-state index is 0.160. The molecule has 0 radical (unpaired) electrons. The van der Waals surface area contributed by atoms with E-state index in [2.05, 4.69) is 34.5 Å². The maximum atomic E-state index is 13.5. The first-order valence-corrected chi connectivity index (χ1v) is 10.7. The molecule has 1 amide bonds. The lowest BCUT2D eigenvalue weighted by atomic mass is 9.78. The molecule has 3 nitrogen and oxygen atoms in total. The molecule has 0 spiro atoms. The van der Waals surface area contributed by atoms with E-state index in [1.165, 1.54) is 30.5 Å². The highest BCUT2D eigenvalue weighted by Crippen LogP contribution is 2.38. The van der Waals surface area contributed by atoms with E-state index < -0.39 is 11.6 Å². The fourth-order valence-corrected chi connectivity index (χ4v) is 5.08. The first kappa shape index (κ1) is 20.0. The predicted molar refractivity (Wildman–Crippen MR) is 111 cm³/mol. The lowest BCUT2D eigenvalue weighted by molar-refractivity contribution is -0.124. The Morgan fingerprint density at radius 3 is 2.34 bits per heavy atom. The number of hydrogen-bond donors (Lipinski definition) is 1. The number of amides is 1. The monoisotopic (exact) mass is 398 g/mol. The van der Waals surface area contributed by atoms with E-state index in [0.717, 1.165) is 44.7 Å². The van der Waals surface area contributed by atoms with Gasteiger partial charge in [-0.3, -0.25) is 9.69 Å². The number of benzene rings is 2. The molecule has 1 saturated heterocycles. The molecule has 29 heavy (non-hydrogen) atoms. The number of likely N-dealkylation sites (tertiary alicyclic amines) is 1. The molecule has 4 rings (SSSR count). The summed E-state index contributed by atoms with van der Waals surface area (Å²) in [5.74, 6) is -1.11. The smallest absolute Gasteiger partial charge is 0.241 e. The van der Waals surface area contributed by atoms with Crippen LogP contribution in [0.5, 0.6) is 0 Å². The van der Waals surface area contributed by atoms with Crippen LogP contribution in [0, 0.1) is 11.6 Å². The molecule has 1 heterocycles. The Balaban J connectivity index is 1.55. The van der Waals surface area contributed by atoms with Crippen LogP contribution in [0.3, 0.4) is 0 Å². The second-order valence-corrected chi connectivity index (χ2v) is 8.27. The Hall–Kier alpha value is -2.27. The fourth-order valence-electron chi connectivity index (χ4n) is 5.08. The van der Waals surface area contributed by atoms with E-state index in [9.17, 15) is 13.6 Å². The van der Waals surface area contributed by atoms with Crippen LogP contribution in [0.15, 0.2) is 48.5 Å². The molecule has 2 aromatic carbocycles. The molecule has 3 atom stereocenters. The maximum absolute atomic E-state index is 13.5. The topological polar surface area (TPSA) is 32.3 Å². The van der Waals surface area contributed by atoms with Gasteiger partial charge in [-0.1, -0.05) is 49.6 Å². The van der Waals surface area contributed by atoms with Gasteiger partial charge in [0.15, 0.2) is 0 Å². The molecular formula is C24H28F2N2O. The molecule has 5 heteroatoms. The van der Waals surface area contributed by atoms with Gasteiger partial charge in [0.05, 0.1) is 6.04 Å². The Bertz CT molecular complexity index is 822. The van der Waals surface area contributed by atoms with Crippen molar-refractivity contribution in [3.8, 4) is 0 Å². The summed E-state index contributed by atoms with van der Waals surface area (Å²) in [6, 6.07) is 13.8. The number of anilines is 1. The summed E-state index contributed by atoms with van der Waals surface area (Å²) < 4.78 is 27.1. The van der Waals surface area contributed by atoms with Crippen molar-refractivity contribution in [2.45, 2.75) is 62.9 Å². The second kappa shape index (κ2) is 9.04. The quantitative estimate of drug-likeness (QED) is 0.739. The molecule has 2 aliphatic rings. The van der Waals surface area contributed by atoms with Crippen molar-refractivity contribution in [1.29, 1.82) is 0 Å². The molecular weight excluding hydrogens is 370 g/mol. The highest BCUT2D eigenvalue weighted by atomic mass is 19.1. The van der Waals surface area contributed by atoms with E-state index in [1.807, 2.05) is 6.07 Å². The Morgan fingerprint density at radius 1 is 0.897 bits per heavy atom. The normalized spacial score (nSPS) is 25.5. The zero-order chi connectivity index (χ0) is 20.2. The van der Waals surface area contributed by atoms with E-state index >= 15 is 0 Å². The van der Waals surface area contributed by atoms with Gasteiger partial charge >= 0.3 is 0 Å². The summed E-state index contributed by atoms with van der Waals surface area (Å²) in [4.78, 5) is 15.5. The largest absolute Gasteiger partial charge is 0.325 e. The fraction of sp³-hybridized carbons (Fsp3) is 0.458. The van der Waals surface area contributed by atoms with Crippen LogP contribution in [0.1, 0.15) is 56.4 Å². The predicted octanol–water partition coefficient (Wildman–Crippen LogP) is 5.48. The number of nitrogens with zero attached hydrogens (tertiary/aromatic N) is 1. The number of nitrogens with one attached hydrogen (secondary N) is 1. The van der Waals surface area contributed by atoms with Crippen molar-refractivity contribution in [2.75, 3.05) is 11.9 Å².